The van der Waals surface area contributed by atoms with Crippen LogP contribution >= 0.6 is 11.8 Å². The van der Waals surface area contributed by atoms with Crippen LogP contribution in [0.5, 0.6) is 0 Å². The van der Waals surface area contributed by atoms with Crippen LogP contribution in [0.1, 0.15) is 28.8 Å². The molecule has 2 amide bonds. The number of aryl methyl sites for hydroxylation is 1. The van der Waals surface area contributed by atoms with Crippen molar-refractivity contribution in [3.05, 3.63) is 23.2 Å². The fraction of sp³-hybridized carbons (Fsp3) is 0.500. The Morgan fingerprint density at radius 1 is 1.53 bits per heavy atom. The monoisotopic (exact) mass is 286 g/mol. The van der Waals surface area contributed by atoms with E-state index in [1.54, 1.807) is 18.7 Å². The lowest BCUT2D eigenvalue weighted by atomic mass is 10.2. The van der Waals surface area contributed by atoms with Crippen LogP contribution in [0.15, 0.2) is 10.5 Å². The molecule has 1 aromatic rings. The molecule has 106 valence electrons. The summed E-state index contributed by atoms with van der Waals surface area (Å²) in [6.45, 7) is 3.65. The molecule has 0 spiro atoms. The van der Waals surface area contributed by atoms with Gasteiger partial charge in [-0.15, -0.1) is 0 Å². The van der Waals surface area contributed by atoms with E-state index in [2.05, 4.69) is 10.6 Å². The molecule has 0 aliphatic rings. The maximum Gasteiger partial charge on any atom is 0.339 e. The fourth-order valence-electron chi connectivity index (χ4n) is 1.58. The van der Waals surface area contributed by atoms with Crippen molar-refractivity contribution in [2.75, 3.05) is 12.0 Å². The summed E-state index contributed by atoms with van der Waals surface area (Å²) >= 11 is 1.65. The molecule has 0 radical (unpaired) electrons. The third-order valence-electron chi connectivity index (χ3n) is 2.42. The van der Waals surface area contributed by atoms with Gasteiger partial charge in [0, 0.05) is 11.8 Å². The van der Waals surface area contributed by atoms with Crippen LogP contribution in [0, 0.1) is 6.92 Å². The SMILES string of the molecule is CSCC(C)NC(=O)NCc1cc(C(=O)O)c(C)o1. The highest BCUT2D eigenvalue weighted by Crippen LogP contribution is 2.14. The minimum Gasteiger partial charge on any atom is -0.478 e. The Morgan fingerprint density at radius 3 is 2.74 bits per heavy atom. The van der Waals surface area contributed by atoms with E-state index in [9.17, 15) is 9.59 Å². The van der Waals surface area contributed by atoms with Gasteiger partial charge in [0.2, 0.25) is 0 Å². The first-order valence-corrected chi connectivity index (χ1v) is 7.19. The number of urea groups is 1. The largest absolute Gasteiger partial charge is 0.478 e. The lowest BCUT2D eigenvalue weighted by molar-refractivity contribution is 0.0695. The van der Waals surface area contributed by atoms with E-state index in [4.69, 9.17) is 9.52 Å². The summed E-state index contributed by atoms with van der Waals surface area (Å²) in [6, 6.07) is 1.19. The van der Waals surface area contributed by atoms with Crippen molar-refractivity contribution in [1.29, 1.82) is 0 Å². The van der Waals surface area contributed by atoms with Crippen molar-refractivity contribution in [3.8, 4) is 0 Å². The van der Waals surface area contributed by atoms with E-state index in [-0.39, 0.29) is 24.2 Å². The zero-order chi connectivity index (χ0) is 14.4. The van der Waals surface area contributed by atoms with E-state index < -0.39 is 5.97 Å². The number of nitrogens with one attached hydrogen (secondary N) is 2. The summed E-state index contributed by atoms with van der Waals surface area (Å²) in [5.74, 6) is 0.546. The topological polar surface area (TPSA) is 91.6 Å². The van der Waals surface area contributed by atoms with Gasteiger partial charge < -0.3 is 20.2 Å². The molecule has 1 atom stereocenters. The molecule has 0 aromatic carbocycles. The van der Waals surface area contributed by atoms with E-state index in [0.717, 1.165) is 5.75 Å². The molecular formula is C12H18N2O4S. The predicted molar refractivity (Wildman–Crippen MR) is 73.6 cm³/mol. The van der Waals surface area contributed by atoms with Gasteiger partial charge in [-0.25, -0.2) is 9.59 Å². The zero-order valence-corrected chi connectivity index (χ0v) is 12.0. The molecule has 7 heteroatoms. The van der Waals surface area contributed by atoms with E-state index in [0.29, 0.717) is 11.5 Å². The van der Waals surface area contributed by atoms with Crippen LogP contribution in [0.2, 0.25) is 0 Å². The molecule has 0 saturated heterocycles. The van der Waals surface area contributed by atoms with Gasteiger partial charge in [-0.2, -0.15) is 11.8 Å². The molecule has 1 unspecified atom stereocenters. The first-order valence-electron chi connectivity index (χ1n) is 5.80. The number of carboxylic acids is 1. The molecule has 0 aliphatic heterocycles. The lowest BCUT2D eigenvalue weighted by Gasteiger charge is -2.12. The number of aromatic carboxylic acids is 1. The van der Waals surface area contributed by atoms with Crippen molar-refractivity contribution in [2.45, 2.75) is 26.4 Å². The van der Waals surface area contributed by atoms with E-state index >= 15 is 0 Å². The Hall–Kier alpha value is -1.63. The number of rotatable bonds is 6. The lowest BCUT2D eigenvalue weighted by Crippen LogP contribution is -2.41. The molecule has 6 nitrogen and oxygen atoms in total. The number of thioether (sulfide) groups is 1. The Balaban J connectivity index is 2.46. The summed E-state index contributed by atoms with van der Waals surface area (Å²) in [5.41, 5.74) is 0.118. The molecule has 0 bridgehead atoms. The number of carbonyl (C=O) groups excluding carboxylic acids is 1. The standard InChI is InChI=1S/C12H18N2O4S/c1-7(6-19-3)14-12(17)13-5-9-4-10(11(15)16)8(2)18-9/h4,7H,5-6H2,1-3H3,(H,15,16)(H2,13,14,17). The molecule has 19 heavy (non-hydrogen) atoms. The van der Waals surface area contributed by atoms with Crippen molar-refractivity contribution in [2.24, 2.45) is 0 Å². The number of furan rings is 1. The predicted octanol–water partition coefficient (Wildman–Crippen LogP) is 1.84. The second kappa shape index (κ2) is 7.08. The fourth-order valence-corrected chi connectivity index (χ4v) is 2.16. The molecule has 0 fully saturated rings. The zero-order valence-electron chi connectivity index (χ0n) is 11.1. The summed E-state index contributed by atoms with van der Waals surface area (Å²) in [6.07, 6.45) is 1.97. The van der Waals surface area contributed by atoms with Crippen LogP contribution in [-0.4, -0.2) is 35.2 Å². The number of carboxylic acid groups (broad SMARTS) is 1. The van der Waals surface area contributed by atoms with E-state index in [1.807, 2.05) is 13.2 Å². The molecule has 3 N–H and O–H groups in total. The number of amides is 2. The first kappa shape index (κ1) is 15.4. The van der Waals surface area contributed by atoms with Gasteiger partial charge in [-0.1, -0.05) is 0 Å². The smallest absolute Gasteiger partial charge is 0.339 e. The van der Waals surface area contributed by atoms with Gasteiger partial charge in [0.1, 0.15) is 17.1 Å². The van der Waals surface area contributed by atoms with Crippen molar-refractivity contribution < 1.29 is 19.1 Å². The summed E-state index contributed by atoms with van der Waals surface area (Å²) in [4.78, 5) is 22.4. The summed E-state index contributed by atoms with van der Waals surface area (Å²) in [7, 11) is 0. The molecule has 0 saturated carbocycles. The Kier molecular flexibility index (Phi) is 5.75. The maximum atomic E-state index is 11.5. The van der Waals surface area contributed by atoms with Crippen molar-refractivity contribution in [3.63, 3.8) is 0 Å². The van der Waals surface area contributed by atoms with Crippen LogP contribution in [0.3, 0.4) is 0 Å². The Labute approximate surface area is 115 Å². The average Bonchev–Trinajstić information content (AvgIpc) is 2.68. The summed E-state index contributed by atoms with van der Waals surface area (Å²) in [5, 5.41) is 14.3. The summed E-state index contributed by atoms with van der Waals surface area (Å²) < 4.78 is 5.25. The van der Waals surface area contributed by atoms with Gasteiger partial charge in [0.05, 0.1) is 6.54 Å². The number of carbonyl (C=O) groups is 2. The van der Waals surface area contributed by atoms with Gasteiger partial charge in [-0.05, 0) is 26.2 Å². The third-order valence-corrected chi connectivity index (χ3v) is 3.25. The molecule has 0 aliphatic carbocycles. The third kappa shape index (κ3) is 4.86. The Bertz CT molecular complexity index is 459. The second-order valence-corrected chi connectivity index (χ2v) is 5.08. The second-order valence-electron chi connectivity index (χ2n) is 4.17. The van der Waals surface area contributed by atoms with Crippen molar-refractivity contribution in [1.82, 2.24) is 10.6 Å². The highest BCUT2D eigenvalue weighted by Gasteiger charge is 2.14. The number of hydrogen-bond donors (Lipinski definition) is 3. The average molecular weight is 286 g/mol. The van der Waals surface area contributed by atoms with Gasteiger partial charge in [-0.3, -0.25) is 0 Å². The van der Waals surface area contributed by atoms with Crippen LogP contribution in [-0.2, 0) is 6.54 Å². The molecule has 1 heterocycles. The molecule has 1 rings (SSSR count). The molecular weight excluding hydrogens is 268 g/mol. The minimum atomic E-state index is -1.04. The first-order chi connectivity index (χ1) is 8.93. The van der Waals surface area contributed by atoms with Crippen LogP contribution in [0.25, 0.3) is 0 Å². The quantitative estimate of drug-likeness (QED) is 0.742. The van der Waals surface area contributed by atoms with E-state index in [1.165, 1.54) is 6.07 Å². The van der Waals surface area contributed by atoms with Gasteiger partial charge in [0.25, 0.3) is 0 Å². The van der Waals surface area contributed by atoms with Crippen LogP contribution < -0.4 is 10.6 Å². The van der Waals surface area contributed by atoms with Gasteiger partial charge in [0.15, 0.2) is 0 Å². The minimum absolute atomic E-state index is 0.0721. The Morgan fingerprint density at radius 2 is 2.21 bits per heavy atom. The number of hydrogen-bond acceptors (Lipinski definition) is 4. The van der Waals surface area contributed by atoms with Crippen LogP contribution in [0.4, 0.5) is 4.79 Å². The highest BCUT2D eigenvalue weighted by molar-refractivity contribution is 7.98. The van der Waals surface area contributed by atoms with Crippen molar-refractivity contribution >= 4 is 23.8 Å². The molecule has 1 aromatic heterocycles. The highest BCUT2D eigenvalue weighted by atomic mass is 32.2. The van der Waals surface area contributed by atoms with Gasteiger partial charge >= 0.3 is 12.0 Å². The maximum absolute atomic E-state index is 11.5. The normalized spacial score (nSPS) is 11.9.